The molecule has 0 bridgehead atoms. The Morgan fingerprint density at radius 1 is 1.00 bits per heavy atom. The fraction of sp³-hybridized carbons (Fsp3) is 0.250. The van der Waals surface area contributed by atoms with Gasteiger partial charge in [-0.3, -0.25) is 0 Å². The molecule has 0 heterocycles. The van der Waals surface area contributed by atoms with Crippen LogP contribution in [0.1, 0.15) is 0 Å². The normalized spacial score (nSPS) is 11.4. The van der Waals surface area contributed by atoms with E-state index < -0.39 is 35.3 Å². The van der Waals surface area contributed by atoms with E-state index in [0.717, 1.165) is 7.11 Å². The first-order valence-corrected chi connectivity index (χ1v) is 3.73. The second kappa shape index (κ2) is 4.11. The van der Waals surface area contributed by atoms with E-state index in [1.54, 1.807) is 0 Å². The topological polar surface area (TPSA) is 18.5 Å². The van der Waals surface area contributed by atoms with Crippen LogP contribution >= 0.6 is 0 Å². The van der Waals surface area contributed by atoms with Gasteiger partial charge in [-0.25, -0.2) is 8.78 Å². The molecule has 90 valence electrons. The van der Waals surface area contributed by atoms with E-state index in [1.807, 2.05) is 0 Å². The minimum atomic E-state index is -5.29. The van der Waals surface area contributed by atoms with Gasteiger partial charge in [-0.05, 0) is 0 Å². The Morgan fingerprint density at radius 3 is 1.94 bits per heavy atom. The third kappa shape index (κ3) is 2.50. The largest absolute Gasteiger partial charge is 0.573 e. The molecule has 16 heavy (non-hydrogen) atoms. The maximum absolute atomic E-state index is 13.1. The second-order valence-electron chi connectivity index (χ2n) is 2.56. The maximum Gasteiger partial charge on any atom is 0.573 e. The van der Waals surface area contributed by atoms with Crippen molar-refractivity contribution in [1.29, 1.82) is 0 Å². The summed E-state index contributed by atoms with van der Waals surface area (Å²) >= 11 is 0. The highest BCUT2D eigenvalue weighted by molar-refractivity contribution is 5.38. The monoisotopic (exact) mass is 246 g/mol. The Morgan fingerprint density at radius 2 is 1.50 bits per heavy atom. The van der Waals surface area contributed by atoms with Crippen molar-refractivity contribution in [3.05, 3.63) is 23.5 Å². The van der Waals surface area contributed by atoms with Gasteiger partial charge in [-0.1, -0.05) is 0 Å². The fourth-order valence-electron chi connectivity index (χ4n) is 0.952. The molecule has 1 aromatic rings. The van der Waals surface area contributed by atoms with Gasteiger partial charge in [-0.2, -0.15) is 4.39 Å². The lowest BCUT2D eigenvalue weighted by Crippen LogP contribution is -2.19. The summed E-state index contributed by atoms with van der Waals surface area (Å²) in [6, 6.07) is 0.0307. The number of rotatable bonds is 2. The summed E-state index contributed by atoms with van der Waals surface area (Å²) in [5.41, 5.74) is 0. The minimum Gasteiger partial charge on any atom is -0.491 e. The molecule has 0 N–H and O–H groups in total. The number of halogens is 6. The van der Waals surface area contributed by atoms with Gasteiger partial charge in [0.1, 0.15) is 0 Å². The summed E-state index contributed by atoms with van der Waals surface area (Å²) < 4.78 is 81.1. The number of ether oxygens (including phenoxy) is 2. The van der Waals surface area contributed by atoms with Crippen LogP contribution in [0.25, 0.3) is 0 Å². The van der Waals surface area contributed by atoms with Gasteiger partial charge in [-0.15, -0.1) is 13.2 Å². The van der Waals surface area contributed by atoms with Crippen molar-refractivity contribution in [3.8, 4) is 11.5 Å². The Hall–Kier alpha value is -1.60. The molecule has 0 amide bonds. The van der Waals surface area contributed by atoms with E-state index in [4.69, 9.17) is 0 Å². The van der Waals surface area contributed by atoms with E-state index in [9.17, 15) is 26.3 Å². The summed E-state index contributed by atoms with van der Waals surface area (Å²) in [5, 5.41) is 0. The Bertz CT molecular complexity index is 400. The van der Waals surface area contributed by atoms with Crippen molar-refractivity contribution in [2.45, 2.75) is 6.36 Å². The average Bonchev–Trinajstić information content (AvgIpc) is 2.11. The molecular formula is C8H4F6O2. The smallest absolute Gasteiger partial charge is 0.491 e. The molecule has 2 nitrogen and oxygen atoms in total. The molecule has 0 saturated carbocycles. The second-order valence-corrected chi connectivity index (χ2v) is 2.56. The molecular weight excluding hydrogens is 242 g/mol. The first kappa shape index (κ1) is 12.5. The zero-order valence-corrected chi connectivity index (χ0v) is 7.66. The molecule has 1 aromatic carbocycles. The lowest BCUT2D eigenvalue weighted by molar-refractivity contribution is -0.276. The van der Waals surface area contributed by atoms with Gasteiger partial charge in [0.15, 0.2) is 17.4 Å². The SMILES string of the molecule is COc1c(F)cc(F)c(OC(F)(F)F)c1F. The summed E-state index contributed by atoms with van der Waals surface area (Å²) in [5.74, 6) is -8.08. The van der Waals surface area contributed by atoms with E-state index in [-0.39, 0.29) is 6.07 Å². The predicted octanol–water partition coefficient (Wildman–Crippen LogP) is 3.01. The van der Waals surface area contributed by atoms with E-state index >= 15 is 0 Å². The third-order valence-corrected chi connectivity index (χ3v) is 1.51. The van der Waals surface area contributed by atoms with Gasteiger partial charge < -0.3 is 9.47 Å². The first-order valence-electron chi connectivity index (χ1n) is 3.73. The van der Waals surface area contributed by atoms with Gasteiger partial charge in [0, 0.05) is 6.07 Å². The van der Waals surface area contributed by atoms with Crippen molar-refractivity contribution in [2.24, 2.45) is 0 Å². The highest BCUT2D eigenvalue weighted by atomic mass is 19.4. The zero-order chi connectivity index (χ0) is 12.5. The van der Waals surface area contributed by atoms with Crippen LogP contribution in [0, 0.1) is 17.5 Å². The molecule has 1 rings (SSSR count). The van der Waals surface area contributed by atoms with Crippen LogP contribution in [-0.4, -0.2) is 13.5 Å². The molecule has 0 aliphatic rings. The van der Waals surface area contributed by atoms with Gasteiger partial charge in [0.05, 0.1) is 7.11 Å². The number of alkyl halides is 3. The van der Waals surface area contributed by atoms with Crippen LogP contribution in [0.2, 0.25) is 0 Å². The Labute approximate surface area is 85.4 Å². The molecule has 0 atom stereocenters. The molecule has 0 radical (unpaired) electrons. The van der Waals surface area contributed by atoms with Crippen molar-refractivity contribution in [2.75, 3.05) is 7.11 Å². The van der Waals surface area contributed by atoms with E-state index in [1.165, 1.54) is 0 Å². The summed E-state index contributed by atoms with van der Waals surface area (Å²) in [4.78, 5) is 0. The highest BCUT2D eigenvalue weighted by Crippen LogP contribution is 2.35. The standard InChI is InChI=1S/C8H4F6O2/c1-15-6-3(9)2-4(10)7(5(6)11)16-8(12,13)14/h2H,1H3. The first-order chi connectivity index (χ1) is 7.26. The lowest BCUT2D eigenvalue weighted by atomic mass is 10.3. The predicted molar refractivity (Wildman–Crippen MR) is 39.6 cm³/mol. The number of hydrogen-bond acceptors (Lipinski definition) is 2. The highest BCUT2D eigenvalue weighted by Gasteiger charge is 2.35. The fourth-order valence-corrected chi connectivity index (χ4v) is 0.952. The zero-order valence-electron chi connectivity index (χ0n) is 7.66. The van der Waals surface area contributed by atoms with Crippen LogP contribution in [0.3, 0.4) is 0 Å². The molecule has 0 aliphatic carbocycles. The van der Waals surface area contributed by atoms with Crippen molar-refractivity contribution < 1.29 is 35.8 Å². The van der Waals surface area contributed by atoms with Crippen LogP contribution in [0.5, 0.6) is 11.5 Å². The van der Waals surface area contributed by atoms with E-state index in [0.29, 0.717) is 0 Å². The molecule has 0 aliphatic heterocycles. The number of methoxy groups -OCH3 is 1. The Balaban J connectivity index is 3.28. The third-order valence-electron chi connectivity index (χ3n) is 1.51. The number of hydrogen-bond donors (Lipinski definition) is 0. The van der Waals surface area contributed by atoms with Gasteiger partial charge in [0.25, 0.3) is 0 Å². The average molecular weight is 246 g/mol. The molecule has 8 heteroatoms. The minimum absolute atomic E-state index is 0.0307. The molecule has 0 unspecified atom stereocenters. The molecule has 0 fully saturated rings. The van der Waals surface area contributed by atoms with Gasteiger partial charge in [0.2, 0.25) is 11.6 Å². The summed E-state index contributed by atoms with van der Waals surface area (Å²) in [6.45, 7) is 0. The lowest BCUT2D eigenvalue weighted by Gasteiger charge is -2.12. The quantitative estimate of drug-likeness (QED) is 0.747. The number of benzene rings is 1. The molecule has 0 saturated heterocycles. The summed E-state index contributed by atoms with van der Waals surface area (Å²) in [6.07, 6.45) is -5.29. The van der Waals surface area contributed by atoms with Gasteiger partial charge >= 0.3 is 6.36 Å². The van der Waals surface area contributed by atoms with Crippen LogP contribution in [0.15, 0.2) is 6.07 Å². The molecule has 0 spiro atoms. The van der Waals surface area contributed by atoms with Crippen LogP contribution in [0.4, 0.5) is 26.3 Å². The maximum atomic E-state index is 13.1. The van der Waals surface area contributed by atoms with E-state index in [2.05, 4.69) is 9.47 Å². The summed E-state index contributed by atoms with van der Waals surface area (Å²) in [7, 11) is 0.816. The Kier molecular flexibility index (Phi) is 3.20. The van der Waals surface area contributed by atoms with Crippen LogP contribution < -0.4 is 9.47 Å². The van der Waals surface area contributed by atoms with Crippen molar-refractivity contribution in [1.82, 2.24) is 0 Å². The van der Waals surface area contributed by atoms with Crippen molar-refractivity contribution >= 4 is 0 Å². The molecule has 0 aromatic heterocycles. The van der Waals surface area contributed by atoms with Crippen LogP contribution in [-0.2, 0) is 0 Å². The van der Waals surface area contributed by atoms with Crippen molar-refractivity contribution in [3.63, 3.8) is 0 Å².